The number of hydrogen-bond acceptors (Lipinski definition) is 4. The Morgan fingerprint density at radius 2 is 1.64 bits per heavy atom. The van der Waals surface area contributed by atoms with E-state index in [-0.39, 0.29) is 18.9 Å². The van der Waals surface area contributed by atoms with Crippen LogP contribution in [0.25, 0.3) is 11.1 Å². The van der Waals surface area contributed by atoms with Crippen LogP contribution in [0.5, 0.6) is 0 Å². The van der Waals surface area contributed by atoms with Crippen molar-refractivity contribution >= 4 is 18.0 Å². The van der Waals surface area contributed by atoms with Crippen LogP contribution in [-0.4, -0.2) is 48.2 Å². The topological polar surface area (TPSA) is 105 Å². The molecule has 0 unspecified atom stereocenters. The summed E-state index contributed by atoms with van der Waals surface area (Å²) in [5.41, 5.74) is 4.04. The van der Waals surface area contributed by atoms with E-state index in [4.69, 9.17) is 9.84 Å². The molecular weight excluding hydrogens is 434 g/mol. The van der Waals surface area contributed by atoms with E-state index in [1.165, 1.54) is 0 Å². The lowest BCUT2D eigenvalue weighted by molar-refractivity contribution is -0.146. The molecule has 2 aromatic rings. The molecule has 2 amide bonds. The van der Waals surface area contributed by atoms with Gasteiger partial charge in [-0.2, -0.15) is 8.78 Å². The van der Waals surface area contributed by atoms with Gasteiger partial charge in [0.15, 0.2) is 0 Å². The molecule has 1 aliphatic carbocycles. The van der Waals surface area contributed by atoms with Crippen LogP contribution in [0.1, 0.15) is 43.2 Å². The van der Waals surface area contributed by atoms with Crippen molar-refractivity contribution in [2.75, 3.05) is 13.2 Å². The standard InChI is InChI=1S/C24H26F2N2O5/c1-2-7-15(12-21(29)30)28-22(31)24(25,26)14-27-23(32)33-13-20-18-10-5-3-8-16(18)17-9-4-6-11-19(17)20/h3-6,8-11,15,20H,2,7,12-14H2,1H3,(H,27,32)(H,28,31)(H,29,30)/t15-/m1/s1. The molecular formula is C24H26F2N2O5. The number of fused-ring (bicyclic) bond motifs is 3. The summed E-state index contributed by atoms with van der Waals surface area (Å²) in [6.45, 7) is 0.439. The minimum Gasteiger partial charge on any atom is -0.481 e. The summed E-state index contributed by atoms with van der Waals surface area (Å²) in [6, 6.07) is 14.5. The van der Waals surface area contributed by atoms with E-state index in [2.05, 4.69) is 5.32 Å². The first-order valence-electron chi connectivity index (χ1n) is 10.7. The third kappa shape index (κ3) is 5.85. The van der Waals surface area contributed by atoms with Crippen molar-refractivity contribution in [2.45, 2.75) is 44.1 Å². The van der Waals surface area contributed by atoms with E-state index in [0.717, 1.165) is 22.3 Å². The van der Waals surface area contributed by atoms with Crippen molar-refractivity contribution in [3.8, 4) is 11.1 Å². The number of amides is 2. The van der Waals surface area contributed by atoms with Crippen LogP contribution in [0.15, 0.2) is 48.5 Å². The number of carboxylic acids is 1. The van der Waals surface area contributed by atoms with Gasteiger partial charge < -0.3 is 20.5 Å². The maximum Gasteiger partial charge on any atom is 0.407 e. The fourth-order valence-corrected chi connectivity index (χ4v) is 3.99. The van der Waals surface area contributed by atoms with E-state index in [1.54, 1.807) is 6.92 Å². The summed E-state index contributed by atoms with van der Waals surface area (Å²) in [6.07, 6.45) is -0.773. The van der Waals surface area contributed by atoms with Crippen LogP contribution in [0.4, 0.5) is 13.6 Å². The van der Waals surface area contributed by atoms with Crippen molar-refractivity contribution < 1.29 is 33.0 Å². The third-order valence-electron chi connectivity index (χ3n) is 5.52. The molecule has 0 aliphatic heterocycles. The highest BCUT2D eigenvalue weighted by atomic mass is 19.3. The van der Waals surface area contributed by atoms with Gasteiger partial charge in [-0.15, -0.1) is 0 Å². The molecule has 7 nitrogen and oxygen atoms in total. The number of carbonyl (C=O) groups is 3. The first-order chi connectivity index (χ1) is 15.7. The molecule has 1 atom stereocenters. The Bertz CT molecular complexity index is 982. The summed E-state index contributed by atoms with van der Waals surface area (Å²) in [7, 11) is 0. The van der Waals surface area contributed by atoms with Crippen molar-refractivity contribution in [3.63, 3.8) is 0 Å². The number of alkyl halides is 2. The van der Waals surface area contributed by atoms with Crippen molar-refractivity contribution in [3.05, 3.63) is 59.7 Å². The summed E-state index contributed by atoms with van der Waals surface area (Å²) in [4.78, 5) is 34.9. The minimum absolute atomic E-state index is 0.0468. The monoisotopic (exact) mass is 460 g/mol. The Hall–Kier alpha value is -3.49. The van der Waals surface area contributed by atoms with Crippen LogP contribution in [0, 0.1) is 0 Å². The molecule has 0 heterocycles. The quantitative estimate of drug-likeness (QED) is 0.499. The molecule has 33 heavy (non-hydrogen) atoms. The van der Waals surface area contributed by atoms with Crippen LogP contribution >= 0.6 is 0 Å². The summed E-state index contributed by atoms with van der Waals surface area (Å²) in [5.74, 6) is -6.98. The van der Waals surface area contributed by atoms with Crippen molar-refractivity contribution in [2.24, 2.45) is 0 Å². The molecule has 3 rings (SSSR count). The largest absolute Gasteiger partial charge is 0.481 e. The predicted octanol–water partition coefficient (Wildman–Crippen LogP) is 3.92. The molecule has 176 valence electrons. The Balaban J connectivity index is 1.55. The van der Waals surface area contributed by atoms with Gasteiger partial charge in [0.05, 0.1) is 13.0 Å². The van der Waals surface area contributed by atoms with Gasteiger partial charge in [-0.1, -0.05) is 61.9 Å². The normalized spacial score (nSPS) is 13.5. The van der Waals surface area contributed by atoms with Gasteiger partial charge in [0.2, 0.25) is 0 Å². The Kier molecular flexibility index (Phi) is 7.63. The van der Waals surface area contributed by atoms with E-state index in [0.29, 0.717) is 6.42 Å². The highest BCUT2D eigenvalue weighted by Crippen LogP contribution is 2.44. The van der Waals surface area contributed by atoms with Gasteiger partial charge in [-0.25, -0.2) is 4.79 Å². The number of alkyl carbamates (subject to hydrolysis) is 1. The maximum atomic E-state index is 14.2. The van der Waals surface area contributed by atoms with Crippen LogP contribution in [0.3, 0.4) is 0 Å². The molecule has 3 N–H and O–H groups in total. The summed E-state index contributed by atoms with van der Waals surface area (Å²) < 4.78 is 33.6. The number of halogens is 2. The van der Waals surface area contributed by atoms with Gasteiger partial charge in [0.25, 0.3) is 5.91 Å². The highest BCUT2D eigenvalue weighted by Gasteiger charge is 2.40. The first kappa shape index (κ1) is 24.2. The molecule has 0 radical (unpaired) electrons. The third-order valence-corrected chi connectivity index (χ3v) is 5.52. The predicted molar refractivity (Wildman–Crippen MR) is 117 cm³/mol. The number of rotatable bonds is 10. The lowest BCUT2D eigenvalue weighted by atomic mass is 9.98. The van der Waals surface area contributed by atoms with Crippen LogP contribution < -0.4 is 10.6 Å². The Labute approximate surface area is 190 Å². The van der Waals surface area contributed by atoms with Gasteiger partial charge in [0, 0.05) is 12.0 Å². The summed E-state index contributed by atoms with van der Waals surface area (Å²) in [5, 5.41) is 12.8. The second-order valence-electron chi connectivity index (χ2n) is 7.94. The smallest absolute Gasteiger partial charge is 0.407 e. The van der Waals surface area contributed by atoms with Gasteiger partial charge in [0.1, 0.15) is 6.61 Å². The Morgan fingerprint density at radius 3 is 2.18 bits per heavy atom. The summed E-state index contributed by atoms with van der Waals surface area (Å²) >= 11 is 0. The number of aliphatic carboxylic acids is 1. The maximum absolute atomic E-state index is 14.2. The van der Waals surface area contributed by atoms with Gasteiger partial charge in [-0.05, 0) is 28.7 Å². The Morgan fingerprint density at radius 1 is 1.06 bits per heavy atom. The van der Waals surface area contributed by atoms with E-state index < -0.39 is 42.9 Å². The fourth-order valence-electron chi connectivity index (χ4n) is 3.99. The second-order valence-corrected chi connectivity index (χ2v) is 7.94. The molecule has 0 aromatic heterocycles. The zero-order valence-corrected chi connectivity index (χ0v) is 18.1. The van der Waals surface area contributed by atoms with Crippen LogP contribution in [0.2, 0.25) is 0 Å². The molecule has 0 bridgehead atoms. The molecule has 0 saturated heterocycles. The SMILES string of the molecule is CCC[C@H](CC(=O)O)NC(=O)C(F)(F)CNC(=O)OCC1c2ccccc2-c2ccccc21. The minimum atomic E-state index is -3.92. The molecule has 0 fully saturated rings. The highest BCUT2D eigenvalue weighted by molar-refractivity contribution is 5.85. The van der Waals surface area contributed by atoms with E-state index >= 15 is 0 Å². The molecule has 0 spiro atoms. The fraction of sp³-hybridized carbons (Fsp3) is 0.375. The number of carboxylic acid groups (broad SMARTS) is 1. The number of carbonyl (C=O) groups excluding carboxylic acids is 2. The van der Waals surface area contributed by atoms with Crippen molar-refractivity contribution in [1.82, 2.24) is 10.6 Å². The molecule has 0 saturated carbocycles. The van der Waals surface area contributed by atoms with Gasteiger partial charge >= 0.3 is 18.0 Å². The molecule has 9 heteroatoms. The molecule has 2 aromatic carbocycles. The first-order valence-corrected chi connectivity index (χ1v) is 10.7. The van der Waals surface area contributed by atoms with E-state index in [9.17, 15) is 23.2 Å². The number of ether oxygens (including phenoxy) is 1. The van der Waals surface area contributed by atoms with Gasteiger partial charge in [-0.3, -0.25) is 9.59 Å². The average Bonchev–Trinajstić information content (AvgIpc) is 3.10. The zero-order valence-electron chi connectivity index (χ0n) is 18.1. The second kappa shape index (κ2) is 10.4. The average molecular weight is 460 g/mol. The lowest BCUT2D eigenvalue weighted by Gasteiger charge is -2.21. The lowest BCUT2D eigenvalue weighted by Crippen LogP contribution is -2.51. The number of nitrogens with one attached hydrogen (secondary N) is 2. The molecule has 1 aliphatic rings. The zero-order chi connectivity index (χ0) is 24.0. The van der Waals surface area contributed by atoms with Crippen molar-refractivity contribution in [1.29, 1.82) is 0 Å². The van der Waals surface area contributed by atoms with E-state index in [1.807, 2.05) is 53.8 Å². The van der Waals surface area contributed by atoms with Crippen LogP contribution in [-0.2, 0) is 14.3 Å². The number of hydrogen-bond donors (Lipinski definition) is 3. The number of benzene rings is 2.